The summed E-state index contributed by atoms with van der Waals surface area (Å²) in [7, 11) is 0. The van der Waals surface area contributed by atoms with Gasteiger partial charge in [0.2, 0.25) is 17.6 Å². The van der Waals surface area contributed by atoms with E-state index in [9.17, 15) is 14.7 Å². The summed E-state index contributed by atoms with van der Waals surface area (Å²) in [6.45, 7) is 2.52. The van der Waals surface area contributed by atoms with Crippen molar-refractivity contribution in [1.82, 2.24) is 20.1 Å². The number of unbranched alkanes of at least 4 members (excludes halogenated alkanes) is 2. The third-order valence-electron chi connectivity index (χ3n) is 4.13. The Kier molecular flexibility index (Phi) is 6.15. The van der Waals surface area contributed by atoms with Crippen LogP contribution in [-0.4, -0.2) is 38.0 Å². The number of H-pyrrole nitrogens is 2. The molecule has 146 valence electrons. The van der Waals surface area contributed by atoms with Gasteiger partial charge in [0.05, 0.1) is 0 Å². The number of nitrogens with one attached hydrogen (secondary N) is 2. The highest BCUT2D eigenvalue weighted by molar-refractivity contribution is 5.81. The van der Waals surface area contributed by atoms with Gasteiger partial charge in [0, 0.05) is 24.7 Å². The molecule has 1 aromatic carbocycles. The summed E-state index contributed by atoms with van der Waals surface area (Å²) in [5.74, 6) is 0.701. The highest BCUT2D eigenvalue weighted by Crippen LogP contribution is 2.17. The van der Waals surface area contributed by atoms with Gasteiger partial charge in [0.1, 0.15) is 5.56 Å². The molecule has 3 aromatic rings. The van der Waals surface area contributed by atoms with Crippen molar-refractivity contribution in [2.75, 3.05) is 6.54 Å². The fourth-order valence-corrected chi connectivity index (χ4v) is 2.59. The van der Waals surface area contributed by atoms with Crippen molar-refractivity contribution in [3.05, 3.63) is 62.1 Å². The van der Waals surface area contributed by atoms with Gasteiger partial charge in [-0.25, -0.2) is 4.79 Å². The van der Waals surface area contributed by atoms with Gasteiger partial charge < -0.3 is 9.63 Å². The molecule has 0 bridgehead atoms. The largest absolute Gasteiger partial charge is 0.494 e. The molecule has 0 unspecified atom stereocenters. The normalized spacial score (nSPS) is 11.3. The molecule has 2 aromatic heterocycles. The van der Waals surface area contributed by atoms with E-state index in [1.807, 2.05) is 36.2 Å². The maximum atomic E-state index is 11.6. The summed E-state index contributed by atoms with van der Waals surface area (Å²) in [5, 5.41) is 13.6. The molecule has 0 fully saturated rings. The third-order valence-corrected chi connectivity index (χ3v) is 4.13. The SMILES string of the molecule is Cc1ccc(-c2noc(CCCCCN=Cc3c(O)[nH]c(=O)[nH]c3=O)n2)cc1. The molecule has 3 N–H and O–H groups in total. The molecule has 0 saturated heterocycles. The molecule has 0 aliphatic rings. The topological polar surface area (TPSA) is 137 Å². The number of aromatic hydroxyl groups is 1. The van der Waals surface area contributed by atoms with Crippen LogP contribution in [0.3, 0.4) is 0 Å². The van der Waals surface area contributed by atoms with Gasteiger partial charge in [-0.3, -0.25) is 19.8 Å². The number of nitrogens with zero attached hydrogens (tertiary/aromatic N) is 3. The van der Waals surface area contributed by atoms with Crippen LogP contribution in [0.25, 0.3) is 11.4 Å². The molecule has 28 heavy (non-hydrogen) atoms. The van der Waals surface area contributed by atoms with Gasteiger partial charge in [0.15, 0.2) is 0 Å². The molecule has 2 heterocycles. The van der Waals surface area contributed by atoms with Crippen LogP contribution < -0.4 is 11.2 Å². The summed E-state index contributed by atoms with van der Waals surface area (Å²) >= 11 is 0. The van der Waals surface area contributed by atoms with Crippen molar-refractivity contribution in [2.45, 2.75) is 32.6 Å². The van der Waals surface area contributed by atoms with Gasteiger partial charge >= 0.3 is 5.69 Å². The first-order chi connectivity index (χ1) is 13.5. The van der Waals surface area contributed by atoms with Crippen molar-refractivity contribution in [2.24, 2.45) is 4.99 Å². The lowest BCUT2D eigenvalue weighted by atomic mass is 10.1. The van der Waals surface area contributed by atoms with Gasteiger partial charge in [-0.15, -0.1) is 0 Å². The van der Waals surface area contributed by atoms with E-state index < -0.39 is 17.1 Å². The Morgan fingerprint density at radius 2 is 1.93 bits per heavy atom. The minimum atomic E-state index is -0.758. The Labute approximate surface area is 160 Å². The molecule has 0 radical (unpaired) electrons. The number of benzene rings is 1. The predicted octanol–water partition coefficient (Wildman–Crippen LogP) is 1.96. The van der Waals surface area contributed by atoms with E-state index >= 15 is 0 Å². The summed E-state index contributed by atoms with van der Waals surface area (Å²) in [6.07, 6.45) is 4.51. The van der Waals surface area contributed by atoms with Crippen molar-refractivity contribution in [1.29, 1.82) is 0 Å². The summed E-state index contributed by atoms with van der Waals surface area (Å²) in [6, 6.07) is 7.94. The van der Waals surface area contributed by atoms with Gasteiger partial charge in [-0.2, -0.15) is 4.98 Å². The number of aryl methyl sites for hydroxylation is 2. The second kappa shape index (κ2) is 8.94. The summed E-state index contributed by atoms with van der Waals surface area (Å²) in [4.78, 5) is 35.2. The number of rotatable bonds is 8. The number of aromatic nitrogens is 4. The Balaban J connectivity index is 1.41. The van der Waals surface area contributed by atoms with Crippen molar-refractivity contribution in [3.63, 3.8) is 0 Å². The van der Waals surface area contributed by atoms with Crippen molar-refractivity contribution >= 4 is 6.21 Å². The maximum Gasteiger partial charge on any atom is 0.328 e. The fraction of sp³-hybridized carbons (Fsp3) is 0.316. The Hall–Kier alpha value is -3.49. The number of hydrogen-bond acceptors (Lipinski definition) is 7. The molecule has 0 aliphatic heterocycles. The quantitative estimate of drug-likeness (QED) is 0.402. The first kappa shape index (κ1) is 19.3. The average molecular weight is 383 g/mol. The molecule has 0 atom stereocenters. The van der Waals surface area contributed by atoms with Crippen LogP contribution in [0.4, 0.5) is 0 Å². The zero-order chi connectivity index (χ0) is 19.9. The molecule has 0 amide bonds. The van der Waals surface area contributed by atoms with Crippen molar-refractivity contribution in [3.8, 4) is 17.3 Å². The monoisotopic (exact) mass is 383 g/mol. The lowest BCUT2D eigenvalue weighted by Crippen LogP contribution is -2.24. The first-order valence-corrected chi connectivity index (χ1v) is 8.98. The standard InChI is InChI=1S/C19H21N5O4/c1-12-6-8-13(9-7-12)16-21-15(28-24-16)5-3-2-4-10-20-11-14-17(25)22-19(27)23-18(14)26/h6-9,11H,2-5,10H2,1H3,(H3,22,23,25,26,27). The highest BCUT2D eigenvalue weighted by atomic mass is 16.5. The van der Waals surface area contributed by atoms with E-state index in [0.717, 1.165) is 24.8 Å². The molecular weight excluding hydrogens is 362 g/mol. The lowest BCUT2D eigenvalue weighted by Gasteiger charge is -1.97. The van der Waals surface area contributed by atoms with E-state index in [1.54, 1.807) is 0 Å². The van der Waals surface area contributed by atoms with Crippen LogP contribution in [-0.2, 0) is 6.42 Å². The molecule has 3 rings (SSSR count). The highest BCUT2D eigenvalue weighted by Gasteiger charge is 2.08. The second-order valence-electron chi connectivity index (χ2n) is 6.39. The fourth-order valence-electron chi connectivity index (χ4n) is 2.59. The van der Waals surface area contributed by atoms with E-state index in [1.165, 1.54) is 11.8 Å². The summed E-state index contributed by atoms with van der Waals surface area (Å²) in [5.41, 5.74) is 0.608. The van der Waals surface area contributed by atoms with Crippen LogP contribution in [0.5, 0.6) is 5.88 Å². The zero-order valence-corrected chi connectivity index (χ0v) is 15.4. The average Bonchev–Trinajstić information content (AvgIpc) is 3.12. The zero-order valence-electron chi connectivity index (χ0n) is 15.4. The van der Waals surface area contributed by atoms with E-state index in [-0.39, 0.29) is 5.56 Å². The number of aromatic amines is 2. The van der Waals surface area contributed by atoms with E-state index in [0.29, 0.717) is 24.7 Å². The van der Waals surface area contributed by atoms with Crippen LogP contribution in [0.15, 0.2) is 43.4 Å². The van der Waals surface area contributed by atoms with Gasteiger partial charge in [-0.1, -0.05) is 41.4 Å². The Morgan fingerprint density at radius 3 is 2.68 bits per heavy atom. The number of hydrogen-bond donors (Lipinski definition) is 3. The lowest BCUT2D eigenvalue weighted by molar-refractivity contribution is 0.374. The van der Waals surface area contributed by atoms with Crippen LogP contribution in [0, 0.1) is 6.92 Å². The van der Waals surface area contributed by atoms with Gasteiger partial charge in [-0.05, 0) is 19.8 Å². The Bertz CT molecular complexity index is 1060. The number of aliphatic imine (C=N–C) groups is 1. The molecule has 9 nitrogen and oxygen atoms in total. The molecule has 9 heteroatoms. The maximum absolute atomic E-state index is 11.6. The van der Waals surface area contributed by atoms with Gasteiger partial charge in [0.25, 0.3) is 5.56 Å². The molecule has 0 aliphatic carbocycles. The van der Waals surface area contributed by atoms with E-state index in [2.05, 4.69) is 20.1 Å². The van der Waals surface area contributed by atoms with E-state index in [4.69, 9.17) is 4.52 Å². The van der Waals surface area contributed by atoms with Crippen LogP contribution in [0.2, 0.25) is 0 Å². The minimum Gasteiger partial charge on any atom is -0.494 e. The predicted molar refractivity (Wildman–Crippen MR) is 104 cm³/mol. The Morgan fingerprint density at radius 1 is 1.14 bits per heavy atom. The minimum absolute atomic E-state index is 0.0610. The second-order valence-corrected chi connectivity index (χ2v) is 6.39. The van der Waals surface area contributed by atoms with Crippen molar-refractivity contribution < 1.29 is 9.63 Å². The molecular formula is C19H21N5O4. The third kappa shape index (κ3) is 5.03. The summed E-state index contributed by atoms with van der Waals surface area (Å²) < 4.78 is 5.29. The smallest absolute Gasteiger partial charge is 0.328 e. The first-order valence-electron chi connectivity index (χ1n) is 8.98. The molecule has 0 spiro atoms. The molecule has 0 saturated carbocycles. The van der Waals surface area contributed by atoms with Crippen LogP contribution >= 0.6 is 0 Å². The van der Waals surface area contributed by atoms with Crippen LogP contribution in [0.1, 0.15) is 36.3 Å².